The van der Waals surface area contributed by atoms with Crippen LogP contribution < -0.4 is 10.6 Å². The molecule has 0 aromatic rings. The zero-order valence-corrected chi connectivity index (χ0v) is 9.90. The Kier molecular flexibility index (Phi) is 4.30. The molecule has 1 rings (SSSR count). The number of nitrogens with one attached hydrogen (secondary N) is 2. The third-order valence-corrected chi connectivity index (χ3v) is 2.85. The van der Waals surface area contributed by atoms with Crippen LogP contribution in [0, 0.1) is 0 Å². The maximum Gasteiger partial charge on any atom is 0.326 e. The molecule has 0 aromatic carbocycles. The van der Waals surface area contributed by atoms with E-state index in [9.17, 15) is 14.4 Å². The molecule has 1 heterocycles. The predicted octanol–water partition coefficient (Wildman–Crippen LogP) is -0.620. The first-order valence-electron chi connectivity index (χ1n) is 5.44. The maximum absolute atomic E-state index is 11.7. The van der Waals surface area contributed by atoms with E-state index in [0.717, 1.165) is 4.90 Å². The monoisotopic (exact) mass is 243 g/mol. The van der Waals surface area contributed by atoms with E-state index in [0.29, 0.717) is 19.4 Å². The molecule has 2 unspecified atom stereocenters. The molecule has 0 spiro atoms. The smallest absolute Gasteiger partial charge is 0.326 e. The molecule has 7 nitrogen and oxygen atoms in total. The molecule has 0 aromatic heterocycles. The third kappa shape index (κ3) is 3.61. The summed E-state index contributed by atoms with van der Waals surface area (Å²) < 4.78 is 0. The number of likely N-dealkylation sites (N-methyl/N-ethyl adjacent to an activating group) is 1. The summed E-state index contributed by atoms with van der Waals surface area (Å²) in [7, 11) is 1.43. The predicted molar refractivity (Wildman–Crippen MR) is 59.4 cm³/mol. The van der Waals surface area contributed by atoms with Crippen molar-refractivity contribution in [2.24, 2.45) is 0 Å². The van der Waals surface area contributed by atoms with Crippen molar-refractivity contribution in [1.82, 2.24) is 15.5 Å². The molecule has 3 N–H and O–H groups in total. The summed E-state index contributed by atoms with van der Waals surface area (Å²) in [4.78, 5) is 34.4. The molecule has 0 aliphatic carbocycles. The van der Waals surface area contributed by atoms with Gasteiger partial charge in [-0.05, 0) is 13.3 Å². The summed E-state index contributed by atoms with van der Waals surface area (Å²) in [5.74, 6) is -1.08. The summed E-state index contributed by atoms with van der Waals surface area (Å²) in [6.07, 6.45) is 0.954. The Morgan fingerprint density at radius 3 is 2.71 bits per heavy atom. The number of nitrogens with zero attached hydrogens (tertiary/aromatic N) is 1. The lowest BCUT2D eigenvalue weighted by Crippen LogP contribution is -2.53. The van der Waals surface area contributed by atoms with Gasteiger partial charge in [0.25, 0.3) is 0 Å². The van der Waals surface area contributed by atoms with Crippen molar-refractivity contribution in [3.05, 3.63) is 0 Å². The first-order chi connectivity index (χ1) is 7.91. The average Bonchev–Trinajstić information content (AvgIpc) is 2.30. The van der Waals surface area contributed by atoms with E-state index in [1.54, 1.807) is 0 Å². The first-order valence-corrected chi connectivity index (χ1v) is 5.44. The summed E-state index contributed by atoms with van der Waals surface area (Å²) >= 11 is 0. The number of carbonyl (C=O) groups is 3. The zero-order chi connectivity index (χ0) is 13.0. The fourth-order valence-corrected chi connectivity index (χ4v) is 1.47. The largest absolute Gasteiger partial charge is 0.480 e. The molecule has 0 radical (unpaired) electrons. The molecule has 1 fully saturated rings. The van der Waals surface area contributed by atoms with Gasteiger partial charge in [0.15, 0.2) is 0 Å². The normalized spacial score (nSPS) is 21.3. The molecule has 1 aliphatic rings. The Balaban J connectivity index is 2.43. The molecular weight excluding hydrogens is 226 g/mol. The topological polar surface area (TPSA) is 98.7 Å². The second-order valence-corrected chi connectivity index (χ2v) is 4.11. The number of aliphatic carboxylic acids is 1. The third-order valence-electron chi connectivity index (χ3n) is 2.85. The minimum atomic E-state index is -1.06. The van der Waals surface area contributed by atoms with Crippen molar-refractivity contribution < 1.29 is 19.5 Å². The van der Waals surface area contributed by atoms with Crippen molar-refractivity contribution in [3.8, 4) is 0 Å². The summed E-state index contributed by atoms with van der Waals surface area (Å²) in [5, 5.41) is 14.1. The first kappa shape index (κ1) is 13.3. The van der Waals surface area contributed by atoms with Crippen molar-refractivity contribution in [1.29, 1.82) is 0 Å². The van der Waals surface area contributed by atoms with Crippen LogP contribution >= 0.6 is 0 Å². The molecule has 3 amide bonds. The second-order valence-electron chi connectivity index (χ2n) is 4.11. The quantitative estimate of drug-likeness (QED) is 0.615. The zero-order valence-electron chi connectivity index (χ0n) is 9.90. The van der Waals surface area contributed by atoms with E-state index < -0.39 is 18.0 Å². The van der Waals surface area contributed by atoms with Crippen LogP contribution in [0.15, 0.2) is 0 Å². The molecule has 0 saturated carbocycles. The standard InChI is InChI=1S/C10H17N3O4/c1-6(9(15)16)13(2)10(17)12-7-3-4-8(14)11-5-7/h6-7H,3-5H2,1-2H3,(H,11,14)(H,12,17)(H,15,16). The summed E-state index contributed by atoms with van der Waals surface area (Å²) in [5.41, 5.74) is 0. The lowest BCUT2D eigenvalue weighted by molar-refractivity contribution is -0.141. The molecular formula is C10H17N3O4. The SMILES string of the molecule is CC(C(=O)O)N(C)C(=O)NC1CCC(=O)NC1. The number of carboxylic acids is 1. The van der Waals surface area contributed by atoms with E-state index in [4.69, 9.17) is 5.11 Å². The van der Waals surface area contributed by atoms with Crippen LogP contribution in [0.25, 0.3) is 0 Å². The maximum atomic E-state index is 11.7. The number of hydrogen-bond acceptors (Lipinski definition) is 3. The number of urea groups is 1. The van der Waals surface area contributed by atoms with Crippen LogP contribution in [0.3, 0.4) is 0 Å². The highest BCUT2D eigenvalue weighted by Gasteiger charge is 2.25. The highest BCUT2D eigenvalue weighted by Crippen LogP contribution is 2.04. The minimum absolute atomic E-state index is 0.0252. The Labute approximate surface area is 99.2 Å². The van der Waals surface area contributed by atoms with E-state index in [1.165, 1.54) is 14.0 Å². The highest BCUT2D eigenvalue weighted by molar-refractivity contribution is 5.82. The Morgan fingerprint density at radius 1 is 1.59 bits per heavy atom. The van der Waals surface area contributed by atoms with Gasteiger partial charge in [-0.1, -0.05) is 0 Å². The van der Waals surface area contributed by atoms with Gasteiger partial charge in [0.2, 0.25) is 5.91 Å². The highest BCUT2D eigenvalue weighted by atomic mass is 16.4. The van der Waals surface area contributed by atoms with Gasteiger partial charge in [0.1, 0.15) is 6.04 Å². The second kappa shape index (κ2) is 5.51. The van der Waals surface area contributed by atoms with Crippen LogP contribution in [0.5, 0.6) is 0 Å². The van der Waals surface area contributed by atoms with Gasteiger partial charge in [-0.15, -0.1) is 0 Å². The number of amides is 3. The van der Waals surface area contributed by atoms with E-state index in [2.05, 4.69) is 10.6 Å². The van der Waals surface area contributed by atoms with E-state index >= 15 is 0 Å². The van der Waals surface area contributed by atoms with Gasteiger partial charge in [-0.3, -0.25) is 4.79 Å². The number of hydrogen-bond donors (Lipinski definition) is 3. The fraction of sp³-hybridized carbons (Fsp3) is 0.700. The summed E-state index contributed by atoms with van der Waals surface area (Å²) in [6.45, 7) is 1.82. The number of rotatable bonds is 3. The number of carboxylic acid groups (broad SMARTS) is 1. The Hall–Kier alpha value is -1.79. The number of carbonyl (C=O) groups excluding carboxylic acids is 2. The van der Waals surface area contributed by atoms with Gasteiger partial charge >= 0.3 is 12.0 Å². The van der Waals surface area contributed by atoms with Crippen molar-refractivity contribution in [2.45, 2.75) is 31.8 Å². The lowest BCUT2D eigenvalue weighted by Gasteiger charge is -2.28. The molecule has 0 bridgehead atoms. The van der Waals surface area contributed by atoms with E-state index in [-0.39, 0.29) is 11.9 Å². The van der Waals surface area contributed by atoms with Crippen LogP contribution in [-0.2, 0) is 9.59 Å². The lowest BCUT2D eigenvalue weighted by atomic mass is 10.1. The van der Waals surface area contributed by atoms with Crippen LogP contribution in [0.2, 0.25) is 0 Å². The van der Waals surface area contributed by atoms with Crippen LogP contribution in [0.4, 0.5) is 4.79 Å². The van der Waals surface area contributed by atoms with Gasteiger partial charge in [0.05, 0.1) is 0 Å². The number of piperidine rings is 1. The van der Waals surface area contributed by atoms with Crippen molar-refractivity contribution >= 4 is 17.9 Å². The minimum Gasteiger partial charge on any atom is -0.480 e. The van der Waals surface area contributed by atoms with Crippen LogP contribution in [-0.4, -0.2) is 53.6 Å². The molecule has 1 saturated heterocycles. The van der Waals surface area contributed by atoms with Gasteiger partial charge in [-0.2, -0.15) is 0 Å². The molecule has 7 heteroatoms. The molecule has 17 heavy (non-hydrogen) atoms. The fourth-order valence-electron chi connectivity index (χ4n) is 1.47. The van der Waals surface area contributed by atoms with Gasteiger partial charge in [-0.25, -0.2) is 9.59 Å². The van der Waals surface area contributed by atoms with Gasteiger partial charge < -0.3 is 20.6 Å². The Morgan fingerprint density at radius 2 is 2.24 bits per heavy atom. The van der Waals surface area contributed by atoms with E-state index in [1.807, 2.05) is 0 Å². The summed E-state index contributed by atoms with van der Waals surface area (Å²) in [6, 6.07) is -1.46. The molecule has 2 atom stereocenters. The van der Waals surface area contributed by atoms with Crippen molar-refractivity contribution in [2.75, 3.05) is 13.6 Å². The van der Waals surface area contributed by atoms with Crippen LogP contribution in [0.1, 0.15) is 19.8 Å². The van der Waals surface area contributed by atoms with Crippen molar-refractivity contribution in [3.63, 3.8) is 0 Å². The van der Waals surface area contributed by atoms with Gasteiger partial charge in [0, 0.05) is 26.1 Å². The average molecular weight is 243 g/mol. The molecule has 1 aliphatic heterocycles. The Bertz CT molecular complexity index is 322. The molecule has 96 valence electrons.